The van der Waals surface area contributed by atoms with E-state index in [0.29, 0.717) is 23.6 Å². The van der Waals surface area contributed by atoms with Gasteiger partial charge in [0.25, 0.3) is 5.56 Å². The number of ether oxygens (including phenoxy) is 1. The molecule has 164 valence electrons. The zero-order valence-corrected chi connectivity index (χ0v) is 18.5. The minimum atomic E-state index is -0.360. The van der Waals surface area contributed by atoms with Crippen molar-refractivity contribution in [3.8, 4) is 0 Å². The predicted molar refractivity (Wildman–Crippen MR) is 120 cm³/mol. The third-order valence-corrected chi connectivity index (χ3v) is 6.78. The van der Waals surface area contributed by atoms with Crippen LogP contribution in [-0.4, -0.2) is 33.8 Å². The molecule has 0 bridgehead atoms. The number of aromatic nitrogens is 2. The van der Waals surface area contributed by atoms with Gasteiger partial charge in [-0.3, -0.25) is 14.2 Å². The third-order valence-electron chi connectivity index (χ3n) is 5.68. The fourth-order valence-electron chi connectivity index (χ4n) is 3.97. The highest BCUT2D eigenvalue weighted by Crippen LogP contribution is 2.34. The number of nitrogens with one attached hydrogen (secondary N) is 1. The molecular formula is C23H27N3O4S. The normalized spacial score (nSPS) is 17.0. The second-order valence-electron chi connectivity index (χ2n) is 7.99. The number of anilines is 1. The lowest BCUT2D eigenvalue weighted by Crippen LogP contribution is -2.32. The van der Waals surface area contributed by atoms with Crippen LogP contribution in [0.15, 0.2) is 34.2 Å². The third kappa shape index (κ3) is 4.84. The van der Waals surface area contributed by atoms with E-state index in [4.69, 9.17) is 9.72 Å². The predicted octanol–water partition coefficient (Wildman–Crippen LogP) is 3.75. The number of carbonyl (C=O) groups is 2. The van der Waals surface area contributed by atoms with Crippen LogP contribution in [0.25, 0.3) is 0 Å². The van der Waals surface area contributed by atoms with E-state index in [0.717, 1.165) is 54.9 Å². The second kappa shape index (κ2) is 9.68. The molecule has 2 aliphatic rings. The Kier molecular flexibility index (Phi) is 6.75. The molecule has 1 unspecified atom stereocenters. The highest BCUT2D eigenvalue weighted by Gasteiger charge is 2.30. The number of fused-ring (bicyclic) bond motifs is 2. The van der Waals surface area contributed by atoms with Crippen LogP contribution < -0.4 is 10.9 Å². The van der Waals surface area contributed by atoms with E-state index < -0.39 is 0 Å². The van der Waals surface area contributed by atoms with Gasteiger partial charge in [-0.2, -0.15) is 0 Å². The summed E-state index contributed by atoms with van der Waals surface area (Å²) in [5.41, 5.74) is 2.85. The lowest BCUT2D eigenvalue weighted by molar-refractivity contribution is -0.116. The fourth-order valence-corrected chi connectivity index (χ4v) is 5.13. The molecule has 0 saturated heterocycles. The van der Waals surface area contributed by atoms with Crippen LogP contribution >= 0.6 is 11.8 Å². The number of benzene rings is 1. The first-order valence-corrected chi connectivity index (χ1v) is 11.9. The monoisotopic (exact) mass is 441 g/mol. The molecule has 8 heteroatoms. The van der Waals surface area contributed by atoms with Crippen LogP contribution in [0.4, 0.5) is 5.69 Å². The Hall–Kier alpha value is -2.61. The van der Waals surface area contributed by atoms with Gasteiger partial charge in [0.15, 0.2) is 5.16 Å². The summed E-state index contributed by atoms with van der Waals surface area (Å²) in [7, 11) is 0. The maximum atomic E-state index is 13.0. The molecule has 1 N–H and O–H groups in total. The molecule has 31 heavy (non-hydrogen) atoms. The molecule has 1 aromatic heterocycles. The number of hydrogen-bond acceptors (Lipinski definition) is 6. The average molecular weight is 442 g/mol. The molecule has 0 saturated carbocycles. The Morgan fingerprint density at radius 2 is 2.00 bits per heavy atom. The van der Waals surface area contributed by atoms with Crippen molar-refractivity contribution in [3.05, 3.63) is 51.4 Å². The summed E-state index contributed by atoms with van der Waals surface area (Å²) in [5.74, 6) is 0.142. The van der Waals surface area contributed by atoms with Gasteiger partial charge in [-0.05, 0) is 56.4 Å². The van der Waals surface area contributed by atoms with Gasteiger partial charge in [0.05, 0.1) is 23.9 Å². The highest BCUT2D eigenvalue weighted by molar-refractivity contribution is 7.99. The van der Waals surface area contributed by atoms with E-state index >= 15 is 0 Å². The van der Waals surface area contributed by atoms with E-state index in [1.807, 2.05) is 6.92 Å². The quantitative estimate of drug-likeness (QED) is 0.400. The molecule has 1 aliphatic heterocycles. The summed E-state index contributed by atoms with van der Waals surface area (Å²) in [6.45, 7) is 2.45. The fraction of sp³-hybridized carbons (Fsp3) is 0.478. The van der Waals surface area contributed by atoms with Crippen LogP contribution in [0, 0.1) is 0 Å². The van der Waals surface area contributed by atoms with Gasteiger partial charge in [0.1, 0.15) is 0 Å². The van der Waals surface area contributed by atoms with Crippen LogP contribution in [0.3, 0.4) is 0 Å². The lowest BCUT2D eigenvalue weighted by Gasteiger charge is -2.18. The van der Waals surface area contributed by atoms with E-state index in [1.165, 1.54) is 0 Å². The zero-order chi connectivity index (χ0) is 21.8. The van der Waals surface area contributed by atoms with Crippen molar-refractivity contribution < 1.29 is 14.3 Å². The van der Waals surface area contributed by atoms with Crippen LogP contribution in [-0.2, 0) is 22.4 Å². The topological polar surface area (TPSA) is 90.3 Å². The molecule has 7 nitrogen and oxygen atoms in total. The van der Waals surface area contributed by atoms with Gasteiger partial charge in [0, 0.05) is 23.4 Å². The van der Waals surface area contributed by atoms with E-state index in [9.17, 15) is 14.4 Å². The number of nitrogens with zero attached hydrogens (tertiary/aromatic N) is 2. The molecular weight excluding hydrogens is 414 g/mol. The van der Waals surface area contributed by atoms with Gasteiger partial charge < -0.3 is 10.1 Å². The first-order chi connectivity index (χ1) is 15.1. The first-order valence-electron chi connectivity index (χ1n) is 10.9. The molecule has 1 atom stereocenters. The largest absolute Gasteiger partial charge is 0.462 e. The van der Waals surface area contributed by atoms with E-state index in [-0.39, 0.29) is 29.9 Å². The first kappa shape index (κ1) is 21.6. The molecule has 4 rings (SSSR count). The van der Waals surface area contributed by atoms with Crippen molar-refractivity contribution in [1.29, 1.82) is 0 Å². The molecule has 1 aliphatic carbocycles. The maximum absolute atomic E-state index is 13.0. The standard InChI is InChI=1S/C23H27N3O4S/c1-2-3-12-30-22(29)15-8-10-16(11-9-15)24-20(27)13-17-14-31-23-25-19-7-5-4-6-18(19)21(28)26(17)23/h8-11,17H,2-7,12-14H2,1H3,(H,24,27). The summed E-state index contributed by atoms with van der Waals surface area (Å²) in [6.07, 6.45) is 5.75. The SMILES string of the molecule is CCCCOC(=O)c1ccc(NC(=O)CC2CSc3nc4c(c(=O)n32)CCCC4)cc1. The van der Waals surface area contributed by atoms with Crippen molar-refractivity contribution in [2.45, 2.75) is 63.1 Å². The minimum absolute atomic E-state index is 0.0217. The molecule has 0 radical (unpaired) electrons. The van der Waals surface area contributed by atoms with E-state index in [1.54, 1.807) is 40.6 Å². The Morgan fingerprint density at radius 3 is 2.77 bits per heavy atom. The molecule has 0 spiro atoms. The van der Waals surface area contributed by atoms with Gasteiger partial charge in [-0.1, -0.05) is 25.1 Å². The van der Waals surface area contributed by atoms with Gasteiger partial charge in [-0.25, -0.2) is 9.78 Å². The number of unbranched alkanes of at least 4 members (excludes halogenated alkanes) is 1. The van der Waals surface area contributed by atoms with Crippen molar-refractivity contribution in [3.63, 3.8) is 0 Å². The molecule has 1 amide bonds. The number of amides is 1. The number of hydrogen-bond donors (Lipinski definition) is 1. The number of thioether (sulfide) groups is 1. The highest BCUT2D eigenvalue weighted by atomic mass is 32.2. The van der Waals surface area contributed by atoms with E-state index in [2.05, 4.69) is 5.32 Å². The number of aryl methyl sites for hydroxylation is 1. The van der Waals surface area contributed by atoms with Crippen LogP contribution in [0.2, 0.25) is 0 Å². The number of rotatable bonds is 7. The number of carbonyl (C=O) groups excluding carboxylic acids is 2. The molecule has 2 heterocycles. The zero-order valence-electron chi connectivity index (χ0n) is 17.7. The Labute approximate surface area is 185 Å². The van der Waals surface area contributed by atoms with Crippen molar-refractivity contribution in [1.82, 2.24) is 9.55 Å². The summed E-state index contributed by atoms with van der Waals surface area (Å²) in [4.78, 5) is 42.3. The van der Waals surface area contributed by atoms with Crippen LogP contribution in [0.1, 0.15) is 66.7 Å². The van der Waals surface area contributed by atoms with Gasteiger partial charge in [-0.15, -0.1) is 0 Å². The average Bonchev–Trinajstić information content (AvgIpc) is 3.17. The van der Waals surface area contributed by atoms with Gasteiger partial charge in [0.2, 0.25) is 5.91 Å². The van der Waals surface area contributed by atoms with Crippen molar-refractivity contribution >= 4 is 29.3 Å². The Balaban J connectivity index is 1.38. The lowest BCUT2D eigenvalue weighted by atomic mass is 9.97. The van der Waals surface area contributed by atoms with Crippen LogP contribution in [0.5, 0.6) is 0 Å². The molecule has 2 aromatic rings. The summed E-state index contributed by atoms with van der Waals surface area (Å²) in [6, 6.07) is 6.47. The maximum Gasteiger partial charge on any atom is 0.338 e. The Bertz CT molecular complexity index is 1030. The molecule has 1 aromatic carbocycles. The summed E-state index contributed by atoms with van der Waals surface area (Å²) >= 11 is 1.54. The summed E-state index contributed by atoms with van der Waals surface area (Å²) in [5, 5.41) is 3.59. The van der Waals surface area contributed by atoms with Gasteiger partial charge >= 0.3 is 5.97 Å². The summed E-state index contributed by atoms with van der Waals surface area (Å²) < 4.78 is 6.91. The van der Waals surface area contributed by atoms with Crippen molar-refractivity contribution in [2.24, 2.45) is 0 Å². The number of esters is 1. The van der Waals surface area contributed by atoms with Crippen molar-refractivity contribution in [2.75, 3.05) is 17.7 Å². The minimum Gasteiger partial charge on any atom is -0.462 e. The Morgan fingerprint density at radius 1 is 1.23 bits per heavy atom. The molecule has 0 fully saturated rings. The second-order valence-corrected chi connectivity index (χ2v) is 8.97. The smallest absolute Gasteiger partial charge is 0.338 e.